The fourth-order valence-corrected chi connectivity index (χ4v) is 2.02. The number of halogens is 1. The largest absolute Gasteiger partial charge is 0.0654 e. The second-order valence-corrected chi connectivity index (χ2v) is 4.66. The molecule has 1 aliphatic rings. The van der Waals surface area contributed by atoms with Crippen LogP contribution in [0, 0.1) is 0 Å². The number of rotatable bonds is 7. The Kier molecular flexibility index (Phi) is 4.98. The molecule has 0 atom stereocenters. The highest BCUT2D eigenvalue weighted by molar-refractivity contribution is 9.12. The molecule has 0 aromatic carbocycles. The average molecular weight is 231 g/mol. The Morgan fingerprint density at radius 1 is 1.08 bits per heavy atom. The predicted octanol–water partition coefficient (Wildman–Crippen LogP) is 4.79. The van der Waals surface area contributed by atoms with Crippen molar-refractivity contribution in [1.29, 1.82) is 0 Å². The van der Waals surface area contributed by atoms with Gasteiger partial charge in [0.05, 0.1) is 0 Å². The fourth-order valence-electron chi connectivity index (χ4n) is 1.49. The molecular weight excluding hydrogens is 212 g/mol. The zero-order valence-corrected chi connectivity index (χ0v) is 9.62. The van der Waals surface area contributed by atoms with E-state index in [0.29, 0.717) is 0 Å². The normalized spacial score (nSPS) is 15.5. The summed E-state index contributed by atoms with van der Waals surface area (Å²) in [6, 6.07) is 0. The van der Waals surface area contributed by atoms with Crippen LogP contribution in [0.2, 0.25) is 0 Å². The van der Waals surface area contributed by atoms with E-state index < -0.39 is 0 Å². The molecule has 0 aromatic rings. The Bertz CT molecular complexity index is 158. The lowest BCUT2D eigenvalue weighted by atomic mass is 10.1. The summed E-state index contributed by atoms with van der Waals surface area (Å²) in [5.74, 6) is 0. The van der Waals surface area contributed by atoms with Gasteiger partial charge in [-0.05, 0) is 17.3 Å². The first-order valence-electron chi connectivity index (χ1n) is 5.21. The van der Waals surface area contributed by atoms with Crippen LogP contribution in [0.25, 0.3) is 0 Å². The first-order chi connectivity index (χ1) is 5.84. The van der Waals surface area contributed by atoms with Crippen LogP contribution in [0.3, 0.4) is 0 Å². The van der Waals surface area contributed by atoms with Gasteiger partial charge in [-0.15, -0.1) is 0 Å². The van der Waals surface area contributed by atoms with Gasteiger partial charge in [-0.25, -0.2) is 0 Å². The third-order valence-electron chi connectivity index (χ3n) is 2.46. The van der Waals surface area contributed by atoms with Crippen LogP contribution in [0.4, 0.5) is 0 Å². The summed E-state index contributed by atoms with van der Waals surface area (Å²) in [7, 11) is 0. The van der Waals surface area contributed by atoms with E-state index in [0.717, 1.165) is 0 Å². The minimum Gasteiger partial charge on any atom is -0.0654 e. The van der Waals surface area contributed by atoms with Crippen molar-refractivity contribution in [1.82, 2.24) is 0 Å². The Balaban J connectivity index is 1.78. The average Bonchev–Trinajstić information content (AvgIpc) is 2.74. The summed E-state index contributed by atoms with van der Waals surface area (Å²) < 4.78 is 1.48. The number of hydrogen-bond acceptors (Lipinski definition) is 0. The van der Waals surface area contributed by atoms with Crippen molar-refractivity contribution in [2.24, 2.45) is 0 Å². The van der Waals surface area contributed by atoms with Crippen LogP contribution in [0.1, 0.15) is 58.3 Å². The van der Waals surface area contributed by atoms with E-state index >= 15 is 0 Å². The van der Waals surface area contributed by atoms with Gasteiger partial charge in [-0.2, -0.15) is 0 Å². The van der Waals surface area contributed by atoms with Crippen LogP contribution < -0.4 is 0 Å². The second-order valence-electron chi connectivity index (χ2n) is 3.70. The molecule has 0 saturated carbocycles. The van der Waals surface area contributed by atoms with Crippen molar-refractivity contribution in [3.63, 3.8) is 0 Å². The summed E-state index contributed by atoms with van der Waals surface area (Å²) in [4.78, 5) is 0. The third-order valence-corrected chi connectivity index (χ3v) is 3.30. The summed E-state index contributed by atoms with van der Waals surface area (Å²) in [5.41, 5.74) is 1.67. The molecular formula is C11H19Br. The van der Waals surface area contributed by atoms with E-state index in [4.69, 9.17) is 0 Å². The van der Waals surface area contributed by atoms with Gasteiger partial charge < -0.3 is 0 Å². The van der Waals surface area contributed by atoms with Gasteiger partial charge in [0.1, 0.15) is 0 Å². The maximum absolute atomic E-state index is 3.52. The van der Waals surface area contributed by atoms with Gasteiger partial charge in [0.25, 0.3) is 0 Å². The lowest BCUT2D eigenvalue weighted by Gasteiger charge is -1.97. The van der Waals surface area contributed by atoms with Crippen molar-refractivity contribution in [2.45, 2.75) is 58.3 Å². The van der Waals surface area contributed by atoms with Gasteiger partial charge in [0, 0.05) is 6.42 Å². The molecule has 0 spiro atoms. The molecule has 0 heterocycles. The van der Waals surface area contributed by atoms with Crippen LogP contribution in [0.15, 0.2) is 10.1 Å². The molecule has 0 fully saturated rings. The van der Waals surface area contributed by atoms with Gasteiger partial charge in [0.2, 0.25) is 0 Å². The smallest absolute Gasteiger partial charge is 0.00101 e. The number of unbranched alkanes of at least 4 members (excludes halogenated alkanes) is 5. The van der Waals surface area contributed by atoms with Crippen LogP contribution in [0.5, 0.6) is 0 Å². The molecule has 1 heteroatoms. The van der Waals surface area contributed by atoms with E-state index in [-0.39, 0.29) is 0 Å². The fraction of sp³-hybridized carbons (Fsp3) is 0.818. The SMILES string of the molecule is CCCCCCCCC1=C(Br)C1. The molecule has 0 radical (unpaired) electrons. The van der Waals surface area contributed by atoms with E-state index in [9.17, 15) is 0 Å². The summed E-state index contributed by atoms with van der Waals surface area (Å²) >= 11 is 3.52. The standard InChI is InChI=1S/C11H19Br/c1-2-3-4-5-6-7-8-10-9-11(10)12/h2-9H2,1H3. The Morgan fingerprint density at radius 3 is 2.25 bits per heavy atom. The molecule has 0 unspecified atom stereocenters. The zero-order chi connectivity index (χ0) is 8.81. The van der Waals surface area contributed by atoms with Crippen molar-refractivity contribution in [2.75, 3.05) is 0 Å². The van der Waals surface area contributed by atoms with E-state index in [2.05, 4.69) is 22.9 Å². The summed E-state index contributed by atoms with van der Waals surface area (Å²) in [5, 5.41) is 0. The Hall–Kier alpha value is 0.220. The highest BCUT2D eigenvalue weighted by Gasteiger charge is 2.16. The lowest BCUT2D eigenvalue weighted by molar-refractivity contribution is 0.608. The topological polar surface area (TPSA) is 0 Å². The molecule has 0 amide bonds. The molecule has 1 rings (SSSR count). The summed E-state index contributed by atoms with van der Waals surface area (Å²) in [6.45, 7) is 2.27. The first-order valence-corrected chi connectivity index (χ1v) is 6.00. The van der Waals surface area contributed by atoms with E-state index in [1.165, 1.54) is 55.8 Å². The van der Waals surface area contributed by atoms with Crippen molar-refractivity contribution in [3.8, 4) is 0 Å². The van der Waals surface area contributed by atoms with E-state index in [1.807, 2.05) is 0 Å². The monoisotopic (exact) mass is 230 g/mol. The molecule has 0 aliphatic heterocycles. The third kappa shape index (κ3) is 4.30. The maximum Gasteiger partial charge on any atom is 0.00101 e. The highest BCUT2D eigenvalue weighted by atomic mass is 79.9. The summed E-state index contributed by atoms with van der Waals surface area (Å²) in [6.07, 6.45) is 11.1. The van der Waals surface area contributed by atoms with Crippen molar-refractivity contribution < 1.29 is 0 Å². The van der Waals surface area contributed by atoms with Gasteiger partial charge in [-0.1, -0.05) is 60.5 Å². The van der Waals surface area contributed by atoms with E-state index in [1.54, 1.807) is 5.57 Å². The molecule has 1 aliphatic carbocycles. The second kappa shape index (κ2) is 5.80. The zero-order valence-electron chi connectivity index (χ0n) is 8.03. The molecule has 0 nitrogen and oxygen atoms in total. The lowest BCUT2D eigenvalue weighted by Crippen LogP contribution is -1.78. The van der Waals surface area contributed by atoms with Crippen LogP contribution in [-0.2, 0) is 0 Å². The minimum absolute atomic E-state index is 1.27. The van der Waals surface area contributed by atoms with Crippen molar-refractivity contribution in [3.05, 3.63) is 10.1 Å². The van der Waals surface area contributed by atoms with Crippen LogP contribution in [-0.4, -0.2) is 0 Å². The minimum atomic E-state index is 1.27. The maximum atomic E-state index is 3.52. The molecule has 12 heavy (non-hydrogen) atoms. The van der Waals surface area contributed by atoms with Gasteiger partial charge >= 0.3 is 0 Å². The Morgan fingerprint density at radius 2 is 1.67 bits per heavy atom. The highest BCUT2D eigenvalue weighted by Crippen LogP contribution is 2.39. The van der Waals surface area contributed by atoms with Crippen molar-refractivity contribution >= 4 is 15.9 Å². The van der Waals surface area contributed by atoms with Gasteiger partial charge in [-0.3, -0.25) is 0 Å². The quantitative estimate of drug-likeness (QED) is 0.552. The van der Waals surface area contributed by atoms with Crippen LogP contribution >= 0.6 is 15.9 Å². The predicted molar refractivity (Wildman–Crippen MR) is 58.6 cm³/mol. The molecule has 70 valence electrons. The van der Waals surface area contributed by atoms with Gasteiger partial charge in [0.15, 0.2) is 0 Å². The molecule has 0 saturated heterocycles. The number of allylic oxidation sites excluding steroid dienone is 2. The first kappa shape index (κ1) is 10.3. The number of hydrogen-bond donors (Lipinski definition) is 0. The molecule has 0 bridgehead atoms. The molecule has 0 N–H and O–H groups in total. The Labute approximate surface area is 84.6 Å². The molecule has 0 aromatic heterocycles.